The third-order valence-corrected chi connectivity index (χ3v) is 3.42. The predicted molar refractivity (Wildman–Crippen MR) is 82.0 cm³/mol. The van der Waals surface area contributed by atoms with Gasteiger partial charge in [0.25, 0.3) is 5.91 Å². The highest BCUT2D eigenvalue weighted by Gasteiger charge is 2.18. The van der Waals surface area contributed by atoms with Gasteiger partial charge in [0, 0.05) is 17.6 Å². The molecule has 0 atom stereocenters. The van der Waals surface area contributed by atoms with E-state index in [0.717, 1.165) is 0 Å². The Hall–Kier alpha value is -2.27. The Morgan fingerprint density at radius 2 is 2.05 bits per heavy atom. The Balaban J connectivity index is 2.13. The highest BCUT2D eigenvalue weighted by atomic mass is 35.5. The van der Waals surface area contributed by atoms with E-state index in [1.807, 2.05) is 0 Å². The van der Waals surface area contributed by atoms with Crippen molar-refractivity contribution in [3.63, 3.8) is 0 Å². The minimum Gasteiger partial charge on any atom is -0.465 e. The van der Waals surface area contributed by atoms with E-state index in [9.17, 15) is 9.59 Å². The van der Waals surface area contributed by atoms with Crippen molar-refractivity contribution in [2.45, 2.75) is 13.5 Å². The van der Waals surface area contributed by atoms with Crippen LogP contribution in [-0.2, 0) is 11.3 Å². The maximum absolute atomic E-state index is 12.3. The second-order valence-corrected chi connectivity index (χ2v) is 5.28. The highest BCUT2D eigenvalue weighted by Crippen LogP contribution is 2.18. The summed E-state index contributed by atoms with van der Waals surface area (Å²) in [5.41, 5.74) is 0.854. The maximum Gasteiger partial charge on any atom is 0.341 e. The number of halogens is 1. The molecular weight excluding hydrogens is 306 g/mol. The molecule has 0 saturated heterocycles. The van der Waals surface area contributed by atoms with Gasteiger partial charge in [-0.2, -0.15) is 0 Å². The largest absolute Gasteiger partial charge is 0.465 e. The van der Waals surface area contributed by atoms with Gasteiger partial charge in [-0.3, -0.25) is 4.79 Å². The zero-order valence-electron chi connectivity index (χ0n) is 12.6. The van der Waals surface area contributed by atoms with Crippen molar-refractivity contribution < 1.29 is 18.7 Å². The van der Waals surface area contributed by atoms with E-state index in [0.29, 0.717) is 27.7 Å². The predicted octanol–water partition coefficient (Wildman–Crippen LogP) is 3.30. The molecule has 1 aromatic heterocycles. The van der Waals surface area contributed by atoms with E-state index in [-0.39, 0.29) is 12.5 Å². The Morgan fingerprint density at radius 3 is 2.68 bits per heavy atom. The number of ether oxygens (including phenoxy) is 1. The number of furan rings is 1. The molecule has 0 N–H and O–H groups in total. The number of carbonyl (C=O) groups is 2. The first-order valence-corrected chi connectivity index (χ1v) is 6.99. The minimum absolute atomic E-state index is 0.184. The fraction of sp³-hybridized carbons (Fsp3) is 0.250. The summed E-state index contributed by atoms with van der Waals surface area (Å²) in [6.45, 7) is 1.91. The van der Waals surface area contributed by atoms with E-state index < -0.39 is 5.97 Å². The third kappa shape index (κ3) is 3.49. The smallest absolute Gasteiger partial charge is 0.341 e. The Kier molecular flexibility index (Phi) is 4.88. The molecule has 0 unspecified atom stereocenters. The van der Waals surface area contributed by atoms with Gasteiger partial charge in [-0.1, -0.05) is 17.7 Å². The zero-order valence-corrected chi connectivity index (χ0v) is 13.3. The van der Waals surface area contributed by atoms with Crippen LogP contribution in [0.5, 0.6) is 0 Å². The van der Waals surface area contributed by atoms with Crippen LogP contribution in [0.1, 0.15) is 32.2 Å². The van der Waals surface area contributed by atoms with E-state index in [1.165, 1.54) is 12.0 Å². The normalized spacial score (nSPS) is 10.4. The molecule has 116 valence electrons. The Bertz CT molecular complexity index is 708. The van der Waals surface area contributed by atoms with Crippen LogP contribution in [0.15, 0.2) is 34.7 Å². The number of nitrogens with zero attached hydrogens (tertiary/aromatic N) is 1. The molecule has 5 nitrogen and oxygen atoms in total. The number of hydrogen-bond donors (Lipinski definition) is 0. The van der Waals surface area contributed by atoms with Crippen LogP contribution in [0, 0.1) is 6.92 Å². The molecule has 0 bridgehead atoms. The van der Waals surface area contributed by atoms with Crippen molar-refractivity contribution in [3.8, 4) is 0 Å². The van der Waals surface area contributed by atoms with Crippen LogP contribution in [0.4, 0.5) is 0 Å². The number of carbonyl (C=O) groups excluding carboxylic acids is 2. The molecule has 2 aromatic rings. The number of esters is 1. The summed E-state index contributed by atoms with van der Waals surface area (Å²) in [6.07, 6.45) is 0. The third-order valence-electron chi connectivity index (χ3n) is 3.19. The number of hydrogen-bond acceptors (Lipinski definition) is 4. The summed E-state index contributed by atoms with van der Waals surface area (Å²) >= 11 is 5.89. The number of aryl methyl sites for hydroxylation is 1. The highest BCUT2D eigenvalue weighted by molar-refractivity contribution is 6.30. The van der Waals surface area contributed by atoms with Gasteiger partial charge in [-0.05, 0) is 31.2 Å². The summed E-state index contributed by atoms with van der Waals surface area (Å²) in [7, 11) is 2.96. The Labute approximate surface area is 133 Å². The van der Waals surface area contributed by atoms with Crippen LogP contribution in [0.25, 0.3) is 0 Å². The molecule has 0 radical (unpaired) electrons. The van der Waals surface area contributed by atoms with Crippen LogP contribution in [0.3, 0.4) is 0 Å². The van der Waals surface area contributed by atoms with E-state index in [1.54, 1.807) is 44.3 Å². The molecule has 0 aliphatic rings. The van der Waals surface area contributed by atoms with E-state index >= 15 is 0 Å². The first kappa shape index (κ1) is 16.1. The standard InChI is InChI=1S/C16H16ClNO4/c1-10-14(16(20)21-3)8-13(22-10)9-18(2)15(19)11-5-4-6-12(17)7-11/h4-8H,9H2,1-3H3. The van der Waals surface area contributed by atoms with Crippen molar-refractivity contribution in [1.82, 2.24) is 4.90 Å². The fourth-order valence-corrected chi connectivity index (χ4v) is 2.27. The molecular formula is C16H16ClNO4. The summed E-state index contributed by atoms with van der Waals surface area (Å²) in [6, 6.07) is 8.31. The van der Waals surface area contributed by atoms with Gasteiger partial charge in [0.05, 0.1) is 13.7 Å². The molecule has 6 heteroatoms. The van der Waals surface area contributed by atoms with Gasteiger partial charge >= 0.3 is 5.97 Å². The topological polar surface area (TPSA) is 59.8 Å². The average molecular weight is 322 g/mol. The van der Waals surface area contributed by atoms with E-state index in [4.69, 9.17) is 16.0 Å². The first-order valence-electron chi connectivity index (χ1n) is 6.61. The monoisotopic (exact) mass is 321 g/mol. The van der Waals surface area contributed by atoms with Crippen LogP contribution in [-0.4, -0.2) is 30.9 Å². The second kappa shape index (κ2) is 6.66. The second-order valence-electron chi connectivity index (χ2n) is 4.85. The summed E-state index contributed by atoms with van der Waals surface area (Å²) in [5, 5.41) is 0.501. The SMILES string of the molecule is COC(=O)c1cc(CN(C)C(=O)c2cccc(Cl)c2)oc1C. The quantitative estimate of drug-likeness (QED) is 0.811. The van der Waals surface area contributed by atoms with Gasteiger partial charge in [-0.25, -0.2) is 4.79 Å². The number of methoxy groups -OCH3 is 1. The molecule has 1 amide bonds. The summed E-state index contributed by atoms with van der Waals surface area (Å²) in [5.74, 6) is 0.328. The van der Waals surface area contributed by atoms with Gasteiger partial charge in [-0.15, -0.1) is 0 Å². The van der Waals surface area contributed by atoms with Crippen LogP contribution < -0.4 is 0 Å². The molecule has 0 spiro atoms. The number of benzene rings is 1. The molecule has 22 heavy (non-hydrogen) atoms. The molecule has 0 saturated carbocycles. The molecule has 1 aromatic carbocycles. The van der Waals surface area contributed by atoms with Gasteiger partial charge in [0.1, 0.15) is 17.1 Å². The molecule has 1 heterocycles. The average Bonchev–Trinajstić information content (AvgIpc) is 2.86. The Morgan fingerprint density at radius 1 is 1.32 bits per heavy atom. The summed E-state index contributed by atoms with van der Waals surface area (Å²) < 4.78 is 10.2. The molecule has 0 aliphatic heterocycles. The van der Waals surface area contributed by atoms with Crippen molar-refractivity contribution in [1.29, 1.82) is 0 Å². The zero-order chi connectivity index (χ0) is 16.3. The molecule has 0 aliphatic carbocycles. The first-order chi connectivity index (χ1) is 10.4. The number of rotatable bonds is 4. The lowest BCUT2D eigenvalue weighted by Crippen LogP contribution is -2.25. The lowest BCUT2D eigenvalue weighted by Gasteiger charge is -2.15. The molecule has 2 rings (SSSR count). The van der Waals surface area contributed by atoms with Gasteiger partial charge in [0.2, 0.25) is 0 Å². The van der Waals surface area contributed by atoms with Crippen molar-refractivity contribution in [3.05, 3.63) is 58.0 Å². The van der Waals surface area contributed by atoms with Crippen molar-refractivity contribution in [2.24, 2.45) is 0 Å². The van der Waals surface area contributed by atoms with Crippen molar-refractivity contribution in [2.75, 3.05) is 14.2 Å². The lowest BCUT2D eigenvalue weighted by atomic mass is 10.2. The van der Waals surface area contributed by atoms with Crippen LogP contribution in [0.2, 0.25) is 5.02 Å². The summed E-state index contributed by atoms with van der Waals surface area (Å²) in [4.78, 5) is 25.4. The minimum atomic E-state index is -0.462. The maximum atomic E-state index is 12.3. The lowest BCUT2D eigenvalue weighted by molar-refractivity contribution is 0.0598. The van der Waals surface area contributed by atoms with Gasteiger partial charge < -0.3 is 14.1 Å². The van der Waals surface area contributed by atoms with Crippen LogP contribution >= 0.6 is 11.6 Å². The van der Waals surface area contributed by atoms with E-state index in [2.05, 4.69) is 4.74 Å². The fourth-order valence-electron chi connectivity index (χ4n) is 2.08. The van der Waals surface area contributed by atoms with Gasteiger partial charge in [0.15, 0.2) is 0 Å². The number of amides is 1. The van der Waals surface area contributed by atoms with Crippen molar-refractivity contribution >= 4 is 23.5 Å². The molecule has 0 fully saturated rings.